The SMILES string of the molecule is CC(NC(=O)C(=O)Nc1nc(-c2ccc(Cl)cc2)cs1)c1ccccc1. The van der Waals surface area contributed by atoms with Crippen LogP contribution in [0, 0.1) is 0 Å². The van der Waals surface area contributed by atoms with Gasteiger partial charge in [-0.05, 0) is 24.6 Å². The lowest BCUT2D eigenvalue weighted by molar-refractivity contribution is -0.136. The van der Waals surface area contributed by atoms with E-state index in [1.54, 1.807) is 12.1 Å². The molecule has 1 aromatic heterocycles. The Bertz CT molecular complexity index is 910. The Morgan fingerprint density at radius 2 is 1.73 bits per heavy atom. The van der Waals surface area contributed by atoms with Crippen LogP contribution in [0.25, 0.3) is 11.3 Å². The third kappa shape index (κ3) is 4.47. The van der Waals surface area contributed by atoms with Crippen molar-refractivity contribution in [2.75, 3.05) is 5.32 Å². The van der Waals surface area contributed by atoms with Crippen LogP contribution >= 0.6 is 22.9 Å². The van der Waals surface area contributed by atoms with Crippen LogP contribution in [0.3, 0.4) is 0 Å². The smallest absolute Gasteiger partial charge is 0.315 e. The number of halogens is 1. The lowest BCUT2D eigenvalue weighted by atomic mass is 10.1. The number of hydrogen-bond acceptors (Lipinski definition) is 4. The third-order valence-electron chi connectivity index (χ3n) is 3.72. The molecule has 0 radical (unpaired) electrons. The van der Waals surface area contributed by atoms with Crippen molar-refractivity contribution in [3.8, 4) is 11.3 Å². The molecule has 0 aliphatic carbocycles. The minimum Gasteiger partial charge on any atom is -0.341 e. The molecule has 132 valence electrons. The highest BCUT2D eigenvalue weighted by Crippen LogP contribution is 2.26. The number of anilines is 1. The minimum atomic E-state index is -0.746. The molecule has 1 heterocycles. The normalized spacial score (nSPS) is 11.6. The second-order valence-electron chi connectivity index (χ2n) is 5.60. The van der Waals surface area contributed by atoms with Gasteiger partial charge in [-0.15, -0.1) is 11.3 Å². The van der Waals surface area contributed by atoms with Crippen molar-refractivity contribution in [1.82, 2.24) is 10.3 Å². The monoisotopic (exact) mass is 385 g/mol. The molecule has 0 aliphatic heterocycles. The van der Waals surface area contributed by atoms with Gasteiger partial charge in [0.2, 0.25) is 0 Å². The minimum absolute atomic E-state index is 0.268. The fraction of sp³-hybridized carbons (Fsp3) is 0.105. The summed E-state index contributed by atoms with van der Waals surface area (Å²) in [4.78, 5) is 28.5. The lowest BCUT2D eigenvalue weighted by Crippen LogP contribution is -2.36. The van der Waals surface area contributed by atoms with E-state index in [4.69, 9.17) is 11.6 Å². The zero-order valence-corrected chi connectivity index (χ0v) is 15.5. The van der Waals surface area contributed by atoms with Gasteiger partial charge >= 0.3 is 11.8 Å². The lowest BCUT2D eigenvalue weighted by Gasteiger charge is -2.13. The molecule has 7 heteroatoms. The van der Waals surface area contributed by atoms with Crippen LogP contribution < -0.4 is 10.6 Å². The van der Waals surface area contributed by atoms with Gasteiger partial charge in [0.25, 0.3) is 0 Å². The third-order valence-corrected chi connectivity index (χ3v) is 4.73. The van der Waals surface area contributed by atoms with Gasteiger partial charge in [0.15, 0.2) is 5.13 Å². The number of carbonyl (C=O) groups is 2. The molecule has 3 rings (SSSR count). The van der Waals surface area contributed by atoms with Crippen molar-refractivity contribution in [2.45, 2.75) is 13.0 Å². The molecule has 3 aromatic rings. The summed E-state index contributed by atoms with van der Waals surface area (Å²) in [5.41, 5.74) is 2.52. The van der Waals surface area contributed by atoms with E-state index in [0.717, 1.165) is 11.1 Å². The molecule has 2 amide bonds. The summed E-state index contributed by atoms with van der Waals surface area (Å²) in [5.74, 6) is -1.45. The fourth-order valence-corrected chi connectivity index (χ4v) is 3.17. The number of aromatic nitrogens is 1. The maximum atomic E-state index is 12.1. The number of nitrogens with one attached hydrogen (secondary N) is 2. The summed E-state index contributed by atoms with van der Waals surface area (Å²) in [6, 6.07) is 16.4. The first kappa shape index (κ1) is 18.1. The zero-order chi connectivity index (χ0) is 18.5. The maximum Gasteiger partial charge on any atom is 0.315 e. The first-order valence-electron chi connectivity index (χ1n) is 7.91. The standard InChI is InChI=1S/C19H16ClN3O2S/c1-12(13-5-3-2-4-6-13)21-17(24)18(25)23-19-22-16(11-26-19)14-7-9-15(20)10-8-14/h2-12H,1H3,(H,21,24)(H,22,23,25). The molecule has 0 fully saturated rings. The van der Waals surface area contributed by atoms with Gasteiger partial charge in [-0.2, -0.15) is 0 Å². The largest absolute Gasteiger partial charge is 0.341 e. The van der Waals surface area contributed by atoms with Gasteiger partial charge in [0, 0.05) is 16.0 Å². The van der Waals surface area contributed by atoms with E-state index in [0.29, 0.717) is 15.8 Å². The average Bonchev–Trinajstić information content (AvgIpc) is 3.11. The number of thiazole rings is 1. The molecule has 0 aliphatic rings. The molecule has 5 nitrogen and oxygen atoms in total. The van der Waals surface area contributed by atoms with Crippen molar-refractivity contribution in [2.24, 2.45) is 0 Å². The summed E-state index contributed by atoms with van der Waals surface area (Å²) >= 11 is 7.13. The highest BCUT2D eigenvalue weighted by atomic mass is 35.5. The average molecular weight is 386 g/mol. The van der Waals surface area contributed by atoms with Crippen LogP contribution in [0.15, 0.2) is 60.0 Å². The number of carbonyl (C=O) groups excluding carboxylic acids is 2. The van der Waals surface area contributed by atoms with Crippen molar-refractivity contribution in [3.63, 3.8) is 0 Å². The molecule has 0 saturated carbocycles. The van der Waals surface area contributed by atoms with Crippen molar-refractivity contribution >= 4 is 39.9 Å². The van der Waals surface area contributed by atoms with E-state index < -0.39 is 11.8 Å². The van der Waals surface area contributed by atoms with Gasteiger partial charge < -0.3 is 5.32 Å². The predicted octanol–water partition coefficient (Wildman–Crippen LogP) is 4.28. The van der Waals surface area contributed by atoms with Gasteiger partial charge in [-0.3, -0.25) is 14.9 Å². The number of nitrogens with zero attached hydrogens (tertiary/aromatic N) is 1. The molecule has 0 bridgehead atoms. The first-order chi connectivity index (χ1) is 12.5. The first-order valence-corrected chi connectivity index (χ1v) is 9.17. The van der Waals surface area contributed by atoms with E-state index in [2.05, 4.69) is 15.6 Å². The highest BCUT2D eigenvalue weighted by Gasteiger charge is 2.18. The Balaban J connectivity index is 1.61. The van der Waals surface area contributed by atoms with Gasteiger partial charge in [0.1, 0.15) is 0 Å². The topological polar surface area (TPSA) is 71.1 Å². The van der Waals surface area contributed by atoms with E-state index >= 15 is 0 Å². The number of benzene rings is 2. The molecule has 0 saturated heterocycles. The fourth-order valence-electron chi connectivity index (χ4n) is 2.33. The summed E-state index contributed by atoms with van der Waals surface area (Å²) in [6.45, 7) is 1.82. The van der Waals surface area contributed by atoms with E-state index in [1.807, 2.05) is 54.8 Å². The van der Waals surface area contributed by atoms with Gasteiger partial charge in [-0.25, -0.2) is 4.98 Å². The maximum absolute atomic E-state index is 12.1. The Hall–Kier alpha value is -2.70. The van der Waals surface area contributed by atoms with Crippen LogP contribution in [-0.2, 0) is 9.59 Å². The molecule has 2 N–H and O–H groups in total. The van der Waals surface area contributed by atoms with Crippen molar-refractivity contribution < 1.29 is 9.59 Å². The molecular formula is C19H16ClN3O2S. The van der Waals surface area contributed by atoms with Crippen LogP contribution in [-0.4, -0.2) is 16.8 Å². The molecule has 26 heavy (non-hydrogen) atoms. The summed E-state index contributed by atoms with van der Waals surface area (Å²) in [5, 5.41) is 8.02. The summed E-state index contributed by atoms with van der Waals surface area (Å²) < 4.78 is 0. The molecule has 2 aromatic carbocycles. The van der Waals surface area contributed by atoms with E-state index in [9.17, 15) is 9.59 Å². The Labute approximate surface area is 160 Å². The van der Waals surface area contributed by atoms with Crippen LogP contribution in [0.5, 0.6) is 0 Å². The van der Waals surface area contributed by atoms with Crippen LogP contribution in [0.1, 0.15) is 18.5 Å². The molecule has 0 spiro atoms. The highest BCUT2D eigenvalue weighted by molar-refractivity contribution is 7.14. The Morgan fingerprint density at radius 1 is 1.04 bits per heavy atom. The summed E-state index contributed by atoms with van der Waals surface area (Å²) in [6.07, 6.45) is 0. The Morgan fingerprint density at radius 3 is 2.42 bits per heavy atom. The number of hydrogen-bond donors (Lipinski definition) is 2. The van der Waals surface area contributed by atoms with Gasteiger partial charge in [-0.1, -0.05) is 54.1 Å². The Kier molecular flexibility index (Phi) is 5.65. The molecular weight excluding hydrogens is 370 g/mol. The number of rotatable bonds is 4. The predicted molar refractivity (Wildman–Crippen MR) is 104 cm³/mol. The quantitative estimate of drug-likeness (QED) is 0.658. The summed E-state index contributed by atoms with van der Waals surface area (Å²) in [7, 11) is 0. The van der Waals surface area contributed by atoms with Gasteiger partial charge in [0.05, 0.1) is 11.7 Å². The number of amides is 2. The zero-order valence-electron chi connectivity index (χ0n) is 13.9. The van der Waals surface area contributed by atoms with Crippen LogP contribution in [0.2, 0.25) is 5.02 Å². The molecule has 1 atom stereocenters. The second kappa shape index (κ2) is 8.12. The van der Waals surface area contributed by atoms with Crippen molar-refractivity contribution in [1.29, 1.82) is 0 Å². The van der Waals surface area contributed by atoms with E-state index in [-0.39, 0.29) is 6.04 Å². The van der Waals surface area contributed by atoms with Crippen molar-refractivity contribution in [3.05, 3.63) is 70.6 Å². The second-order valence-corrected chi connectivity index (χ2v) is 6.90. The van der Waals surface area contributed by atoms with Crippen LogP contribution in [0.4, 0.5) is 5.13 Å². The molecule has 1 unspecified atom stereocenters. The van der Waals surface area contributed by atoms with E-state index in [1.165, 1.54) is 11.3 Å².